The van der Waals surface area contributed by atoms with E-state index in [0.717, 1.165) is 6.42 Å². The Hall–Kier alpha value is 1.64. The van der Waals surface area contributed by atoms with E-state index < -0.39 is 0 Å². The molecule has 0 aliphatic rings. The van der Waals surface area contributed by atoms with Crippen LogP contribution in [0.1, 0.15) is 34.1 Å². The molecule has 0 nitrogen and oxygen atoms in total. The molecule has 0 N–H and O–H groups in total. The van der Waals surface area contributed by atoms with Crippen molar-refractivity contribution in [1.29, 1.82) is 0 Å². The summed E-state index contributed by atoms with van der Waals surface area (Å²) in [5, 5.41) is 0. The van der Waals surface area contributed by atoms with Gasteiger partial charge in [-0.15, -0.1) is 13.8 Å². The molecular weight excluding hydrogens is 286 g/mol. The van der Waals surface area contributed by atoms with Crippen molar-refractivity contribution in [2.24, 2.45) is 5.92 Å². The molecule has 58 valence electrons. The standard InChI is InChI=1S/C9H15.2Y/c1-8(2)6-5-7-9(3)4;;/h8H,6H2,1-4H3;;/q-1;;. The van der Waals surface area contributed by atoms with Crippen LogP contribution in [0.5, 0.6) is 0 Å². The van der Waals surface area contributed by atoms with Crippen molar-refractivity contribution in [3.05, 3.63) is 5.92 Å². The molecule has 0 aromatic carbocycles. The maximum absolute atomic E-state index is 3.10. The quantitative estimate of drug-likeness (QED) is 0.516. The molecule has 11 heavy (non-hydrogen) atoms. The molecule has 2 radical (unpaired) electrons. The molecule has 0 aromatic rings. The van der Waals surface area contributed by atoms with E-state index in [1.54, 1.807) is 0 Å². The molecule has 0 aliphatic heterocycles. The zero-order valence-corrected chi connectivity index (χ0v) is 13.6. The number of hydrogen-bond acceptors (Lipinski definition) is 0. The molecule has 2 heteroatoms. The molecule has 0 atom stereocenters. The smallest absolute Gasteiger partial charge is 0 e. The molecule has 0 unspecified atom stereocenters. The van der Waals surface area contributed by atoms with Gasteiger partial charge in [0.05, 0.1) is 0 Å². The molecule has 0 spiro atoms. The van der Waals surface area contributed by atoms with E-state index in [2.05, 4.69) is 25.7 Å². The molecule has 0 saturated heterocycles. The monoisotopic (exact) mass is 301 g/mol. The summed E-state index contributed by atoms with van der Waals surface area (Å²) < 4.78 is 0. The molecule has 0 aliphatic carbocycles. The van der Waals surface area contributed by atoms with E-state index in [0.29, 0.717) is 5.92 Å². The first-order chi connectivity index (χ1) is 4.13. The summed E-state index contributed by atoms with van der Waals surface area (Å²) in [6.07, 6.45) is 1.02. The summed E-state index contributed by atoms with van der Waals surface area (Å²) in [6, 6.07) is 0. The topological polar surface area (TPSA) is 0 Å². The van der Waals surface area contributed by atoms with Gasteiger partial charge >= 0.3 is 0 Å². The summed E-state index contributed by atoms with van der Waals surface area (Å²) in [5.41, 5.74) is 0. The second-order valence-electron chi connectivity index (χ2n) is 2.90. The third-order valence-electron chi connectivity index (χ3n) is 0.849. The SMILES string of the molecule is C[C-](C)C#CCC(C)C.[Y].[Y]. The van der Waals surface area contributed by atoms with Crippen LogP contribution in [0.15, 0.2) is 0 Å². The van der Waals surface area contributed by atoms with Crippen molar-refractivity contribution in [1.82, 2.24) is 0 Å². The Balaban J connectivity index is -0.000000320. The van der Waals surface area contributed by atoms with Gasteiger partial charge in [-0.2, -0.15) is 5.92 Å². The zero-order valence-electron chi connectivity index (χ0n) is 7.94. The molecule has 0 rings (SSSR count). The summed E-state index contributed by atoms with van der Waals surface area (Å²) in [7, 11) is 0. The number of hydrogen-bond donors (Lipinski definition) is 0. The van der Waals surface area contributed by atoms with E-state index >= 15 is 0 Å². The van der Waals surface area contributed by atoms with Gasteiger partial charge in [0.1, 0.15) is 0 Å². The van der Waals surface area contributed by atoms with Crippen LogP contribution in [-0.4, -0.2) is 0 Å². The van der Waals surface area contributed by atoms with Crippen molar-refractivity contribution in [2.75, 3.05) is 0 Å². The third kappa shape index (κ3) is 18.5. The average molecular weight is 301 g/mol. The Labute approximate surface area is 121 Å². The molecular formula is C9H15Y2-. The second-order valence-corrected chi connectivity index (χ2v) is 2.90. The predicted molar refractivity (Wildman–Crippen MR) is 41.8 cm³/mol. The van der Waals surface area contributed by atoms with Crippen molar-refractivity contribution in [2.45, 2.75) is 34.1 Å². The summed E-state index contributed by atoms with van der Waals surface area (Å²) in [4.78, 5) is 0. The summed E-state index contributed by atoms with van der Waals surface area (Å²) in [6.45, 7) is 8.43. The van der Waals surface area contributed by atoms with E-state index in [1.165, 1.54) is 5.92 Å². The normalized spacial score (nSPS) is 7.00. The van der Waals surface area contributed by atoms with Gasteiger partial charge in [-0.25, -0.2) is 0 Å². The van der Waals surface area contributed by atoms with Gasteiger partial charge in [0, 0.05) is 65.4 Å². The molecule has 0 bridgehead atoms. The first kappa shape index (κ1) is 18.4. The fourth-order valence-electron chi connectivity index (χ4n) is 0.432. The van der Waals surface area contributed by atoms with Crippen molar-refractivity contribution in [3.63, 3.8) is 0 Å². The van der Waals surface area contributed by atoms with Crippen LogP contribution in [0.2, 0.25) is 0 Å². The maximum Gasteiger partial charge on any atom is 0 e. The van der Waals surface area contributed by atoms with Crippen LogP contribution in [0.25, 0.3) is 0 Å². The van der Waals surface area contributed by atoms with Crippen molar-refractivity contribution < 1.29 is 65.4 Å². The van der Waals surface area contributed by atoms with Gasteiger partial charge in [0.25, 0.3) is 0 Å². The average Bonchev–Trinajstić information content (AvgIpc) is 1.63. The zero-order chi connectivity index (χ0) is 7.28. The van der Waals surface area contributed by atoms with Gasteiger partial charge in [0.2, 0.25) is 0 Å². The minimum absolute atomic E-state index is 0. The fourth-order valence-corrected chi connectivity index (χ4v) is 0.432. The van der Waals surface area contributed by atoms with Crippen LogP contribution in [0, 0.1) is 23.7 Å². The van der Waals surface area contributed by atoms with Crippen molar-refractivity contribution in [3.8, 4) is 11.8 Å². The Kier molecular flexibility index (Phi) is 19.5. The molecule has 0 aromatic heterocycles. The van der Waals surface area contributed by atoms with Gasteiger partial charge in [0.15, 0.2) is 0 Å². The van der Waals surface area contributed by atoms with Gasteiger partial charge in [-0.1, -0.05) is 26.2 Å². The van der Waals surface area contributed by atoms with E-state index in [1.807, 2.05) is 13.8 Å². The summed E-state index contributed by atoms with van der Waals surface area (Å²) in [5.74, 6) is 8.05. The van der Waals surface area contributed by atoms with Gasteiger partial charge < -0.3 is 5.92 Å². The van der Waals surface area contributed by atoms with Crippen LogP contribution < -0.4 is 0 Å². The molecule has 0 heterocycles. The Bertz CT molecular complexity index is 117. The van der Waals surface area contributed by atoms with Crippen LogP contribution in [0.4, 0.5) is 0 Å². The molecule has 0 fully saturated rings. The van der Waals surface area contributed by atoms with E-state index in [4.69, 9.17) is 0 Å². The molecule has 0 amide bonds. The van der Waals surface area contributed by atoms with Crippen LogP contribution in [-0.2, 0) is 65.4 Å². The van der Waals surface area contributed by atoms with Gasteiger partial charge in [-0.05, 0) is 0 Å². The second kappa shape index (κ2) is 11.6. The summed E-state index contributed by atoms with van der Waals surface area (Å²) >= 11 is 0. The predicted octanol–water partition coefficient (Wildman–Crippen LogP) is 2.65. The Morgan fingerprint density at radius 1 is 1.18 bits per heavy atom. The first-order valence-electron chi connectivity index (χ1n) is 3.42. The van der Waals surface area contributed by atoms with E-state index in [-0.39, 0.29) is 65.4 Å². The number of rotatable bonds is 1. The van der Waals surface area contributed by atoms with Gasteiger partial charge in [-0.3, -0.25) is 5.92 Å². The minimum atomic E-state index is 0. The third-order valence-corrected chi connectivity index (χ3v) is 0.849. The fraction of sp³-hybridized carbons (Fsp3) is 0.667. The maximum atomic E-state index is 3.10. The molecule has 0 saturated carbocycles. The first-order valence-corrected chi connectivity index (χ1v) is 3.42. The Morgan fingerprint density at radius 2 is 1.64 bits per heavy atom. The minimum Gasteiger partial charge on any atom is -0.327 e. The van der Waals surface area contributed by atoms with E-state index in [9.17, 15) is 0 Å². The van der Waals surface area contributed by atoms with Crippen LogP contribution in [0.3, 0.4) is 0 Å². The van der Waals surface area contributed by atoms with Crippen LogP contribution >= 0.6 is 0 Å². The van der Waals surface area contributed by atoms with Crippen molar-refractivity contribution >= 4 is 0 Å². The Morgan fingerprint density at radius 3 is 1.91 bits per heavy atom. The largest absolute Gasteiger partial charge is 0.327 e.